The van der Waals surface area contributed by atoms with E-state index in [1.165, 1.54) is 0 Å². The summed E-state index contributed by atoms with van der Waals surface area (Å²) in [7, 11) is 0. The number of oxazole rings is 1. The quantitative estimate of drug-likeness (QED) is 0.759. The lowest BCUT2D eigenvalue weighted by atomic mass is 10.2. The van der Waals surface area contributed by atoms with Gasteiger partial charge in [0.2, 0.25) is 5.89 Å². The Balaban J connectivity index is 2.44. The summed E-state index contributed by atoms with van der Waals surface area (Å²) < 4.78 is 6.67. The number of hydrogen-bond acceptors (Lipinski definition) is 2. The first-order chi connectivity index (χ1) is 7.74. The second-order valence-electron chi connectivity index (χ2n) is 3.17. The molecule has 1 aromatic carbocycles. The summed E-state index contributed by atoms with van der Waals surface area (Å²) in [6, 6.07) is 7.84. The van der Waals surface area contributed by atoms with Crippen LogP contribution in [-0.4, -0.2) is 4.98 Å². The molecule has 0 spiro atoms. The van der Waals surface area contributed by atoms with E-state index in [0.29, 0.717) is 11.2 Å². The van der Waals surface area contributed by atoms with Crippen LogP contribution >= 0.6 is 31.9 Å². The SMILES string of the molecule is C=Cc1nc(-c2ccc(Br)cc2)oc1CBr. The molecule has 16 heavy (non-hydrogen) atoms. The van der Waals surface area contributed by atoms with Gasteiger partial charge >= 0.3 is 0 Å². The molecule has 0 unspecified atom stereocenters. The molecule has 0 saturated carbocycles. The molecule has 0 atom stereocenters. The van der Waals surface area contributed by atoms with E-state index >= 15 is 0 Å². The molecule has 2 nitrogen and oxygen atoms in total. The van der Waals surface area contributed by atoms with E-state index in [0.717, 1.165) is 21.5 Å². The second-order valence-corrected chi connectivity index (χ2v) is 4.65. The van der Waals surface area contributed by atoms with Crippen molar-refractivity contribution in [2.75, 3.05) is 0 Å². The average Bonchev–Trinajstić information content (AvgIpc) is 2.73. The maximum Gasteiger partial charge on any atom is 0.226 e. The predicted molar refractivity (Wildman–Crippen MR) is 72.4 cm³/mol. The molecule has 82 valence electrons. The molecule has 0 radical (unpaired) electrons. The molecule has 0 aliphatic carbocycles. The standard InChI is InChI=1S/C12H9Br2NO/c1-2-10-11(7-13)16-12(15-10)8-3-5-9(14)6-4-8/h2-6H,1,7H2. The molecule has 1 aromatic heterocycles. The third-order valence-corrected chi connectivity index (χ3v) is 3.17. The molecule has 0 aliphatic rings. The Morgan fingerprint density at radius 3 is 2.50 bits per heavy atom. The highest BCUT2D eigenvalue weighted by Gasteiger charge is 2.10. The fourth-order valence-corrected chi connectivity index (χ4v) is 2.00. The maximum atomic E-state index is 5.64. The lowest BCUT2D eigenvalue weighted by Gasteiger charge is -1.94. The van der Waals surface area contributed by atoms with Gasteiger partial charge in [0.05, 0.1) is 5.33 Å². The van der Waals surface area contributed by atoms with E-state index in [4.69, 9.17) is 4.42 Å². The Morgan fingerprint density at radius 2 is 2.00 bits per heavy atom. The molecule has 0 N–H and O–H groups in total. The number of hydrogen-bond donors (Lipinski definition) is 0. The zero-order chi connectivity index (χ0) is 11.5. The fraction of sp³-hybridized carbons (Fsp3) is 0.0833. The highest BCUT2D eigenvalue weighted by atomic mass is 79.9. The van der Waals surface area contributed by atoms with Crippen LogP contribution in [0.25, 0.3) is 17.5 Å². The smallest absolute Gasteiger partial charge is 0.226 e. The van der Waals surface area contributed by atoms with Gasteiger partial charge < -0.3 is 4.42 Å². The first-order valence-corrected chi connectivity index (χ1v) is 6.60. The van der Waals surface area contributed by atoms with E-state index in [-0.39, 0.29) is 0 Å². The lowest BCUT2D eigenvalue weighted by Crippen LogP contribution is -1.78. The fourth-order valence-electron chi connectivity index (χ4n) is 1.33. The van der Waals surface area contributed by atoms with E-state index in [1.54, 1.807) is 6.08 Å². The van der Waals surface area contributed by atoms with Crippen LogP contribution in [0.5, 0.6) is 0 Å². The highest BCUT2D eigenvalue weighted by molar-refractivity contribution is 9.10. The van der Waals surface area contributed by atoms with Gasteiger partial charge in [0.25, 0.3) is 0 Å². The largest absolute Gasteiger partial charge is 0.440 e. The van der Waals surface area contributed by atoms with Crippen molar-refractivity contribution in [1.29, 1.82) is 0 Å². The van der Waals surface area contributed by atoms with E-state index < -0.39 is 0 Å². The monoisotopic (exact) mass is 341 g/mol. The molecule has 1 heterocycles. The number of aromatic nitrogens is 1. The molecule has 2 rings (SSSR count). The Hall–Kier alpha value is -0.870. The van der Waals surface area contributed by atoms with Crippen molar-refractivity contribution in [3.63, 3.8) is 0 Å². The minimum atomic E-state index is 0.622. The van der Waals surface area contributed by atoms with Crippen LogP contribution in [-0.2, 0) is 5.33 Å². The van der Waals surface area contributed by atoms with Crippen LogP contribution in [0, 0.1) is 0 Å². The topological polar surface area (TPSA) is 26.0 Å². The van der Waals surface area contributed by atoms with Crippen molar-refractivity contribution in [1.82, 2.24) is 4.98 Å². The summed E-state index contributed by atoms with van der Waals surface area (Å²) in [5.74, 6) is 1.42. The van der Waals surface area contributed by atoms with Gasteiger partial charge in [-0.05, 0) is 30.3 Å². The maximum absolute atomic E-state index is 5.64. The van der Waals surface area contributed by atoms with Gasteiger partial charge in [-0.3, -0.25) is 0 Å². The summed E-state index contributed by atoms with van der Waals surface area (Å²) >= 11 is 6.75. The summed E-state index contributed by atoms with van der Waals surface area (Å²) in [5, 5.41) is 0.637. The minimum Gasteiger partial charge on any atom is -0.440 e. The van der Waals surface area contributed by atoms with Gasteiger partial charge in [-0.25, -0.2) is 4.98 Å². The average molecular weight is 343 g/mol. The molecule has 0 saturated heterocycles. The molecular formula is C12H9Br2NO. The van der Waals surface area contributed by atoms with Crippen molar-refractivity contribution in [2.24, 2.45) is 0 Å². The zero-order valence-corrected chi connectivity index (χ0v) is 11.6. The molecule has 2 aromatic rings. The molecule has 4 heteroatoms. The van der Waals surface area contributed by atoms with Crippen LogP contribution in [0.4, 0.5) is 0 Å². The minimum absolute atomic E-state index is 0.622. The number of halogens is 2. The van der Waals surface area contributed by atoms with Crippen molar-refractivity contribution < 1.29 is 4.42 Å². The zero-order valence-electron chi connectivity index (χ0n) is 8.41. The van der Waals surface area contributed by atoms with E-state index in [1.807, 2.05) is 24.3 Å². The van der Waals surface area contributed by atoms with Crippen molar-refractivity contribution in [2.45, 2.75) is 5.33 Å². The normalized spacial score (nSPS) is 10.4. The first kappa shape index (κ1) is 11.6. The Kier molecular flexibility index (Phi) is 3.61. The van der Waals surface area contributed by atoms with Gasteiger partial charge in [0.15, 0.2) is 0 Å². The van der Waals surface area contributed by atoms with Crippen LogP contribution < -0.4 is 0 Å². The van der Waals surface area contributed by atoms with E-state index in [2.05, 4.69) is 43.4 Å². The highest BCUT2D eigenvalue weighted by Crippen LogP contribution is 2.25. The number of rotatable bonds is 3. The van der Waals surface area contributed by atoms with Gasteiger partial charge in [-0.1, -0.05) is 38.4 Å². The van der Waals surface area contributed by atoms with Gasteiger partial charge in [0.1, 0.15) is 11.5 Å². The Morgan fingerprint density at radius 1 is 1.31 bits per heavy atom. The third kappa shape index (κ3) is 2.28. The Labute approximate surface area is 111 Å². The molecule has 0 bridgehead atoms. The van der Waals surface area contributed by atoms with Gasteiger partial charge in [-0.15, -0.1) is 0 Å². The predicted octanol–water partition coefficient (Wildman–Crippen LogP) is 4.64. The summed E-state index contributed by atoms with van der Waals surface area (Å²) in [6.07, 6.45) is 1.70. The van der Waals surface area contributed by atoms with Crippen LogP contribution in [0.3, 0.4) is 0 Å². The van der Waals surface area contributed by atoms with E-state index in [9.17, 15) is 0 Å². The number of benzene rings is 1. The van der Waals surface area contributed by atoms with Crippen LogP contribution in [0.1, 0.15) is 11.5 Å². The van der Waals surface area contributed by atoms with Crippen molar-refractivity contribution in [3.8, 4) is 11.5 Å². The number of nitrogens with zero attached hydrogens (tertiary/aromatic N) is 1. The molecule has 0 fully saturated rings. The summed E-state index contributed by atoms with van der Waals surface area (Å²) in [4.78, 5) is 4.37. The summed E-state index contributed by atoms with van der Waals surface area (Å²) in [6.45, 7) is 3.71. The van der Waals surface area contributed by atoms with Crippen molar-refractivity contribution >= 4 is 37.9 Å². The lowest BCUT2D eigenvalue weighted by molar-refractivity contribution is 0.539. The Bertz CT molecular complexity index is 502. The van der Waals surface area contributed by atoms with Crippen LogP contribution in [0.15, 0.2) is 39.7 Å². The van der Waals surface area contributed by atoms with Crippen molar-refractivity contribution in [3.05, 3.63) is 46.8 Å². The molecule has 0 amide bonds. The van der Waals surface area contributed by atoms with Crippen LogP contribution in [0.2, 0.25) is 0 Å². The van der Waals surface area contributed by atoms with Gasteiger partial charge in [-0.2, -0.15) is 0 Å². The first-order valence-electron chi connectivity index (χ1n) is 4.68. The van der Waals surface area contributed by atoms with Gasteiger partial charge in [0, 0.05) is 10.0 Å². The number of alkyl halides is 1. The molecular weight excluding hydrogens is 334 g/mol. The summed E-state index contributed by atoms with van der Waals surface area (Å²) in [5.41, 5.74) is 1.74. The third-order valence-electron chi connectivity index (χ3n) is 2.13. The second kappa shape index (κ2) is 4.97. The molecule has 0 aliphatic heterocycles.